The molecule has 0 radical (unpaired) electrons. The van der Waals surface area contributed by atoms with E-state index < -0.39 is 6.17 Å². The zero-order chi connectivity index (χ0) is 11.4. The fourth-order valence-corrected chi connectivity index (χ4v) is 1.23. The van der Waals surface area contributed by atoms with E-state index in [4.69, 9.17) is 4.74 Å². The highest BCUT2D eigenvalue weighted by Crippen LogP contribution is 2.06. The Labute approximate surface area is 90.0 Å². The Balaban J connectivity index is 3.06. The first-order valence-electron chi connectivity index (χ1n) is 5.65. The van der Waals surface area contributed by atoms with Crippen molar-refractivity contribution in [2.45, 2.75) is 44.7 Å². The summed E-state index contributed by atoms with van der Waals surface area (Å²) in [7, 11) is 0. The van der Waals surface area contributed by atoms with Crippen molar-refractivity contribution in [3.05, 3.63) is 0 Å². The Morgan fingerprint density at radius 3 is 2.20 bits per heavy atom. The van der Waals surface area contributed by atoms with Gasteiger partial charge in [-0.2, -0.15) is 0 Å². The molecule has 4 heteroatoms. The molecular formula is C11H21F3O. The molecule has 0 aliphatic rings. The van der Waals surface area contributed by atoms with E-state index in [1.54, 1.807) is 0 Å². The van der Waals surface area contributed by atoms with Gasteiger partial charge in [0, 0.05) is 6.61 Å². The molecule has 0 rings (SSSR count). The van der Waals surface area contributed by atoms with Crippen LogP contribution in [0.1, 0.15) is 38.5 Å². The number of ether oxygens (including phenoxy) is 1. The number of halogens is 3. The fourth-order valence-electron chi connectivity index (χ4n) is 1.23. The number of hydrogen-bond acceptors (Lipinski definition) is 1. The third kappa shape index (κ3) is 11.7. The molecule has 0 amide bonds. The second-order valence-corrected chi connectivity index (χ2v) is 3.61. The maximum atomic E-state index is 13.0. The summed E-state index contributed by atoms with van der Waals surface area (Å²) in [6.07, 6.45) is 2.50. The summed E-state index contributed by atoms with van der Waals surface area (Å²) in [6.45, 7) is -0.1000. The SMILES string of the molecule is FCCCCCOCC(F)CCCCF. The van der Waals surface area contributed by atoms with Gasteiger partial charge < -0.3 is 4.74 Å². The summed E-state index contributed by atoms with van der Waals surface area (Å²) < 4.78 is 41.4. The van der Waals surface area contributed by atoms with Crippen LogP contribution in [0, 0.1) is 0 Å². The van der Waals surface area contributed by atoms with Gasteiger partial charge in [0.05, 0.1) is 20.0 Å². The molecule has 1 atom stereocenters. The summed E-state index contributed by atoms with van der Waals surface area (Å²) in [5, 5.41) is 0. The van der Waals surface area contributed by atoms with Crippen molar-refractivity contribution in [1.82, 2.24) is 0 Å². The van der Waals surface area contributed by atoms with Crippen molar-refractivity contribution in [1.29, 1.82) is 0 Å². The van der Waals surface area contributed by atoms with Crippen molar-refractivity contribution in [3.63, 3.8) is 0 Å². The molecule has 0 spiro atoms. The van der Waals surface area contributed by atoms with Crippen LogP contribution in [-0.2, 0) is 4.74 Å². The average molecular weight is 226 g/mol. The summed E-state index contributed by atoms with van der Waals surface area (Å²) in [6, 6.07) is 0. The average Bonchev–Trinajstić information content (AvgIpc) is 2.23. The monoisotopic (exact) mass is 226 g/mol. The molecule has 0 N–H and O–H groups in total. The molecule has 0 saturated carbocycles. The van der Waals surface area contributed by atoms with E-state index in [1.807, 2.05) is 0 Å². The summed E-state index contributed by atoms with van der Waals surface area (Å²) >= 11 is 0. The highest BCUT2D eigenvalue weighted by atomic mass is 19.1. The van der Waals surface area contributed by atoms with Gasteiger partial charge in [-0.15, -0.1) is 0 Å². The van der Waals surface area contributed by atoms with E-state index in [0.29, 0.717) is 32.3 Å². The summed E-state index contributed by atoms with van der Waals surface area (Å²) in [4.78, 5) is 0. The van der Waals surface area contributed by atoms with Gasteiger partial charge in [-0.05, 0) is 38.5 Å². The van der Waals surface area contributed by atoms with E-state index in [-0.39, 0.29) is 20.0 Å². The summed E-state index contributed by atoms with van der Waals surface area (Å²) in [5.74, 6) is 0. The van der Waals surface area contributed by atoms with Crippen molar-refractivity contribution >= 4 is 0 Å². The van der Waals surface area contributed by atoms with E-state index in [0.717, 1.165) is 12.8 Å². The van der Waals surface area contributed by atoms with Crippen molar-refractivity contribution in [2.75, 3.05) is 26.6 Å². The molecule has 0 aliphatic heterocycles. The lowest BCUT2D eigenvalue weighted by molar-refractivity contribution is 0.0732. The Morgan fingerprint density at radius 1 is 0.867 bits per heavy atom. The lowest BCUT2D eigenvalue weighted by atomic mass is 10.2. The molecule has 15 heavy (non-hydrogen) atoms. The molecule has 1 unspecified atom stereocenters. The van der Waals surface area contributed by atoms with E-state index in [2.05, 4.69) is 0 Å². The van der Waals surface area contributed by atoms with Gasteiger partial charge in [0.2, 0.25) is 0 Å². The highest BCUT2D eigenvalue weighted by molar-refractivity contribution is 4.54. The minimum atomic E-state index is -0.988. The number of hydrogen-bond donors (Lipinski definition) is 0. The van der Waals surface area contributed by atoms with Crippen LogP contribution in [0.5, 0.6) is 0 Å². The maximum Gasteiger partial charge on any atom is 0.123 e. The Bertz CT molecular complexity index is 122. The minimum Gasteiger partial charge on any atom is -0.378 e. The quantitative estimate of drug-likeness (QED) is 0.489. The molecule has 0 aromatic rings. The molecule has 0 bridgehead atoms. The maximum absolute atomic E-state index is 13.0. The van der Waals surface area contributed by atoms with Crippen LogP contribution in [0.4, 0.5) is 13.2 Å². The molecule has 0 aromatic heterocycles. The Hall–Kier alpha value is -0.250. The second-order valence-electron chi connectivity index (χ2n) is 3.61. The molecule has 1 nitrogen and oxygen atoms in total. The molecule has 0 fully saturated rings. The van der Waals surface area contributed by atoms with E-state index in [1.165, 1.54) is 0 Å². The lowest BCUT2D eigenvalue weighted by Gasteiger charge is -2.08. The van der Waals surface area contributed by atoms with Crippen molar-refractivity contribution < 1.29 is 17.9 Å². The van der Waals surface area contributed by atoms with E-state index >= 15 is 0 Å². The Morgan fingerprint density at radius 2 is 1.53 bits per heavy atom. The standard InChI is InChI=1S/C11H21F3O/c12-7-3-1-5-9-15-10-11(14)6-2-4-8-13/h11H,1-10H2. The zero-order valence-electron chi connectivity index (χ0n) is 9.19. The number of rotatable bonds is 11. The largest absolute Gasteiger partial charge is 0.378 e. The highest BCUT2D eigenvalue weighted by Gasteiger charge is 2.05. The molecule has 92 valence electrons. The number of alkyl halides is 3. The van der Waals surface area contributed by atoms with Gasteiger partial charge in [0.25, 0.3) is 0 Å². The molecule has 0 heterocycles. The van der Waals surface area contributed by atoms with Crippen molar-refractivity contribution in [2.24, 2.45) is 0 Å². The first kappa shape index (κ1) is 14.8. The van der Waals surface area contributed by atoms with Crippen LogP contribution in [0.15, 0.2) is 0 Å². The van der Waals surface area contributed by atoms with Gasteiger partial charge in [0.1, 0.15) is 6.17 Å². The molecule has 0 aromatic carbocycles. The fraction of sp³-hybridized carbons (Fsp3) is 1.00. The number of unbranched alkanes of at least 4 members (excludes halogenated alkanes) is 3. The second kappa shape index (κ2) is 11.8. The third-order valence-corrected chi connectivity index (χ3v) is 2.12. The van der Waals surface area contributed by atoms with Crippen LogP contribution in [0.25, 0.3) is 0 Å². The predicted octanol–water partition coefficient (Wildman–Crippen LogP) is 3.62. The third-order valence-electron chi connectivity index (χ3n) is 2.12. The van der Waals surface area contributed by atoms with Gasteiger partial charge in [0.15, 0.2) is 0 Å². The predicted molar refractivity (Wildman–Crippen MR) is 55.4 cm³/mol. The zero-order valence-corrected chi connectivity index (χ0v) is 9.19. The molecule has 0 aliphatic carbocycles. The van der Waals surface area contributed by atoms with Crippen molar-refractivity contribution in [3.8, 4) is 0 Å². The normalized spacial score (nSPS) is 13.0. The summed E-state index contributed by atoms with van der Waals surface area (Å²) in [5.41, 5.74) is 0. The van der Waals surface area contributed by atoms with Crippen LogP contribution in [0.3, 0.4) is 0 Å². The minimum absolute atomic E-state index is 0.0852. The van der Waals surface area contributed by atoms with Gasteiger partial charge in [-0.1, -0.05) is 0 Å². The van der Waals surface area contributed by atoms with Crippen LogP contribution < -0.4 is 0 Å². The van der Waals surface area contributed by atoms with Crippen LogP contribution in [-0.4, -0.2) is 32.7 Å². The van der Waals surface area contributed by atoms with Crippen LogP contribution in [0.2, 0.25) is 0 Å². The smallest absolute Gasteiger partial charge is 0.123 e. The first-order chi connectivity index (χ1) is 7.31. The van der Waals surface area contributed by atoms with Crippen LogP contribution >= 0.6 is 0 Å². The topological polar surface area (TPSA) is 9.23 Å². The molecule has 0 saturated heterocycles. The van der Waals surface area contributed by atoms with Gasteiger partial charge >= 0.3 is 0 Å². The van der Waals surface area contributed by atoms with E-state index in [9.17, 15) is 13.2 Å². The first-order valence-corrected chi connectivity index (χ1v) is 5.65. The van der Waals surface area contributed by atoms with Gasteiger partial charge in [-0.25, -0.2) is 4.39 Å². The Kier molecular flexibility index (Phi) is 11.6. The lowest BCUT2D eigenvalue weighted by Crippen LogP contribution is -2.11. The van der Waals surface area contributed by atoms with Gasteiger partial charge in [-0.3, -0.25) is 8.78 Å². The molecular weight excluding hydrogens is 205 g/mol.